The van der Waals surface area contributed by atoms with E-state index in [0.29, 0.717) is 5.82 Å². The van der Waals surface area contributed by atoms with Crippen LogP contribution in [-0.4, -0.2) is 36.2 Å². The van der Waals surface area contributed by atoms with Crippen molar-refractivity contribution in [3.63, 3.8) is 0 Å². The van der Waals surface area contributed by atoms with Gasteiger partial charge in [-0.25, -0.2) is 5.10 Å². The van der Waals surface area contributed by atoms with Crippen LogP contribution in [0.25, 0.3) is 11.4 Å². The minimum absolute atomic E-state index is 0.0814. The number of ketones is 1. The molecule has 31 heavy (non-hydrogen) atoms. The Balaban J connectivity index is 1.92. The van der Waals surface area contributed by atoms with E-state index in [-0.39, 0.29) is 11.2 Å². The number of unbranched alkanes of at least 4 members (excludes halogenated alkanes) is 1. The topological polar surface area (TPSA) is 89.3 Å². The number of aromatic amines is 1. The van der Waals surface area contributed by atoms with Crippen LogP contribution >= 0.6 is 0 Å². The average molecular weight is 417 g/mol. The lowest BCUT2D eigenvalue weighted by molar-refractivity contribution is -0.120. The first-order valence-corrected chi connectivity index (χ1v) is 10.7. The van der Waals surface area contributed by atoms with Crippen LogP contribution in [0.4, 0.5) is 0 Å². The van der Waals surface area contributed by atoms with Crippen molar-refractivity contribution < 1.29 is 4.79 Å². The Bertz CT molecular complexity index is 1140. The first-order chi connectivity index (χ1) is 14.9. The number of hydrogen-bond acceptors (Lipinski definition) is 5. The Kier molecular flexibility index (Phi) is 5.43. The van der Waals surface area contributed by atoms with Gasteiger partial charge in [-0.3, -0.25) is 9.48 Å². The fraction of sp³-hybridized carbons (Fsp3) is 0.375. The third-order valence-corrected chi connectivity index (χ3v) is 6.48. The highest BCUT2D eigenvalue weighted by molar-refractivity contribution is 5.94. The van der Waals surface area contributed by atoms with Crippen molar-refractivity contribution in [2.24, 2.45) is 7.05 Å². The van der Waals surface area contributed by atoms with Crippen LogP contribution in [0.1, 0.15) is 51.3 Å². The third-order valence-electron chi connectivity index (χ3n) is 6.48. The molecule has 1 aliphatic rings. The first-order valence-electron chi connectivity index (χ1n) is 10.7. The molecule has 2 atom stereocenters. The highest BCUT2D eigenvalue weighted by Crippen LogP contribution is 2.47. The minimum atomic E-state index is -0.816. The molecule has 0 amide bonds. The molecule has 0 aliphatic heterocycles. The van der Waals surface area contributed by atoms with Gasteiger partial charge in [0.05, 0.1) is 5.69 Å². The van der Waals surface area contributed by atoms with Gasteiger partial charge in [0.1, 0.15) is 11.2 Å². The van der Waals surface area contributed by atoms with Crippen LogP contribution in [0.2, 0.25) is 0 Å². The lowest BCUT2D eigenvalue weighted by atomic mass is 9.63. The number of carbonyl (C=O) groups excluding carboxylic acids is 1. The average Bonchev–Trinajstić information content (AvgIpc) is 3.45. The Morgan fingerprint density at radius 1 is 1.19 bits per heavy atom. The summed E-state index contributed by atoms with van der Waals surface area (Å²) in [5, 5.41) is 18.9. The number of Topliss-reactive ketones (excluding diaryl/α,β-unsaturated/α-hetero) is 1. The summed E-state index contributed by atoms with van der Waals surface area (Å²) in [4.78, 5) is 13.0. The number of tetrazole rings is 1. The molecule has 0 spiro atoms. The van der Waals surface area contributed by atoms with Crippen molar-refractivity contribution in [1.82, 2.24) is 30.4 Å². The fourth-order valence-corrected chi connectivity index (χ4v) is 4.87. The summed E-state index contributed by atoms with van der Waals surface area (Å²) < 4.78 is 1.79. The summed E-state index contributed by atoms with van der Waals surface area (Å²) in [7, 11) is 1.88. The van der Waals surface area contributed by atoms with Gasteiger partial charge in [-0.1, -0.05) is 67.8 Å². The number of aryl methyl sites for hydroxylation is 1. The monoisotopic (exact) mass is 416 g/mol. The van der Waals surface area contributed by atoms with E-state index < -0.39 is 5.41 Å². The zero-order valence-corrected chi connectivity index (χ0v) is 18.5. The lowest BCUT2D eigenvalue weighted by Gasteiger charge is -2.40. The molecule has 0 saturated carbocycles. The van der Waals surface area contributed by atoms with Crippen molar-refractivity contribution in [3.05, 3.63) is 71.6 Å². The van der Waals surface area contributed by atoms with E-state index in [9.17, 15) is 4.79 Å². The Morgan fingerprint density at radius 2 is 2.00 bits per heavy atom. The summed E-state index contributed by atoms with van der Waals surface area (Å²) in [6.45, 7) is 5.90. The highest BCUT2D eigenvalue weighted by Gasteiger charge is 2.45. The van der Waals surface area contributed by atoms with Crippen molar-refractivity contribution >= 4 is 5.78 Å². The van der Waals surface area contributed by atoms with Crippen molar-refractivity contribution in [3.8, 4) is 11.4 Å². The minimum Gasteiger partial charge on any atom is -0.298 e. The number of H-pyrrole nitrogens is 1. The molecule has 7 heteroatoms. The van der Waals surface area contributed by atoms with Crippen LogP contribution in [0, 0.1) is 0 Å². The number of benzene rings is 1. The van der Waals surface area contributed by atoms with Crippen molar-refractivity contribution in [2.75, 3.05) is 0 Å². The molecule has 2 heterocycles. The summed E-state index contributed by atoms with van der Waals surface area (Å²) in [5.41, 5.74) is 2.80. The molecule has 1 aromatic carbocycles. The molecule has 160 valence electrons. The van der Waals surface area contributed by atoms with E-state index in [4.69, 9.17) is 0 Å². The van der Waals surface area contributed by atoms with Gasteiger partial charge in [0, 0.05) is 24.2 Å². The number of nitrogens with zero attached hydrogens (tertiary/aromatic N) is 5. The van der Waals surface area contributed by atoms with Crippen LogP contribution in [0.3, 0.4) is 0 Å². The van der Waals surface area contributed by atoms with E-state index >= 15 is 0 Å². The maximum absolute atomic E-state index is 13.0. The maximum Gasteiger partial charge on any atom is 0.179 e. The smallest absolute Gasteiger partial charge is 0.179 e. The van der Waals surface area contributed by atoms with Gasteiger partial charge in [0.15, 0.2) is 5.82 Å². The van der Waals surface area contributed by atoms with Gasteiger partial charge in [0.25, 0.3) is 0 Å². The first kappa shape index (κ1) is 20.9. The molecule has 4 rings (SSSR count). The zero-order chi connectivity index (χ0) is 22.1. The SMILES string of the molecule is CCCCC1(c2ccccc2-c2nnn[nH]2)C=CC(C(C)=O)(c2ccnn2C)C(C)=C1. The molecular weight excluding hydrogens is 388 g/mol. The number of hydrogen-bond donors (Lipinski definition) is 1. The quantitative estimate of drug-likeness (QED) is 0.587. The van der Waals surface area contributed by atoms with E-state index in [1.807, 2.05) is 31.3 Å². The second-order valence-corrected chi connectivity index (χ2v) is 8.30. The molecule has 0 radical (unpaired) electrons. The molecular formula is C24H28N6O. The largest absolute Gasteiger partial charge is 0.298 e. The second-order valence-electron chi connectivity index (χ2n) is 8.30. The number of carbonyl (C=O) groups is 1. The van der Waals surface area contributed by atoms with Gasteiger partial charge < -0.3 is 0 Å². The Morgan fingerprint density at radius 3 is 2.61 bits per heavy atom. The summed E-state index contributed by atoms with van der Waals surface area (Å²) in [5.74, 6) is 0.721. The maximum atomic E-state index is 13.0. The number of allylic oxidation sites excluding steroid dienone is 4. The molecule has 0 bridgehead atoms. The van der Waals surface area contributed by atoms with Crippen LogP contribution in [-0.2, 0) is 22.7 Å². The summed E-state index contributed by atoms with van der Waals surface area (Å²) in [6, 6.07) is 10.1. The van der Waals surface area contributed by atoms with E-state index in [0.717, 1.165) is 41.7 Å². The molecule has 7 nitrogen and oxygen atoms in total. The molecule has 3 aromatic rings. The number of nitrogens with one attached hydrogen (secondary N) is 1. The van der Waals surface area contributed by atoms with Gasteiger partial charge in [0.2, 0.25) is 0 Å². The summed E-state index contributed by atoms with van der Waals surface area (Å²) >= 11 is 0. The fourth-order valence-electron chi connectivity index (χ4n) is 4.87. The predicted molar refractivity (Wildman–Crippen MR) is 119 cm³/mol. The number of rotatable bonds is 7. The predicted octanol–water partition coefficient (Wildman–Crippen LogP) is 4.07. The Hall–Kier alpha value is -3.35. The molecule has 2 unspecified atom stereocenters. The van der Waals surface area contributed by atoms with Gasteiger partial charge in [-0.05, 0) is 42.3 Å². The van der Waals surface area contributed by atoms with E-state index in [1.54, 1.807) is 17.8 Å². The third kappa shape index (κ3) is 3.34. The van der Waals surface area contributed by atoms with Gasteiger partial charge >= 0.3 is 0 Å². The van der Waals surface area contributed by atoms with Crippen LogP contribution in [0.5, 0.6) is 0 Å². The summed E-state index contributed by atoms with van der Waals surface area (Å²) in [6.07, 6.45) is 11.3. The van der Waals surface area contributed by atoms with E-state index in [2.05, 4.69) is 63.9 Å². The van der Waals surface area contributed by atoms with Crippen molar-refractivity contribution in [2.45, 2.75) is 50.9 Å². The van der Waals surface area contributed by atoms with Crippen LogP contribution in [0.15, 0.2) is 60.3 Å². The number of aromatic nitrogens is 6. The normalized spacial score (nSPS) is 23.0. The van der Waals surface area contributed by atoms with Crippen LogP contribution < -0.4 is 0 Å². The molecule has 2 aromatic heterocycles. The lowest BCUT2D eigenvalue weighted by Crippen LogP contribution is -2.40. The zero-order valence-electron chi connectivity index (χ0n) is 18.5. The highest BCUT2D eigenvalue weighted by atomic mass is 16.1. The second kappa shape index (κ2) is 8.06. The molecule has 1 N–H and O–H groups in total. The molecule has 0 saturated heterocycles. The molecule has 1 aliphatic carbocycles. The van der Waals surface area contributed by atoms with Crippen molar-refractivity contribution in [1.29, 1.82) is 0 Å². The Labute approximate surface area is 182 Å². The van der Waals surface area contributed by atoms with Gasteiger partial charge in [-0.2, -0.15) is 5.10 Å². The standard InChI is InChI=1S/C24H28N6O/c1-5-6-12-23(20-10-8-7-9-19(20)22-26-28-29-27-22)13-14-24(18(3)31,17(2)16-23)21-11-15-25-30(21)4/h7-11,13-16H,5-6,12H2,1-4H3,(H,26,27,28,29). The van der Waals surface area contributed by atoms with E-state index in [1.165, 1.54) is 0 Å². The molecule has 0 fully saturated rings. The van der Waals surface area contributed by atoms with Gasteiger partial charge in [-0.15, -0.1) is 5.10 Å².